The smallest absolute Gasteiger partial charge is 0.341 e. The number of amides is 1. The quantitative estimate of drug-likeness (QED) is 0.797. The molecule has 0 unspecified atom stereocenters. The molecule has 0 saturated carbocycles. The van der Waals surface area contributed by atoms with E-state index in [4.69, 9.17) is 5.11 Å². The van der Waals surface area contributed by atoms with E-state index in [9.17, 15) is 9.59 Å². The molecule has 0 fully saturated rings. The van der Waals surface area contributed by atoms with Gasteiger partial charge in [-0.05, 0) is 6.92 Å². The molecular weight excluding hydrogens is 224 g/mol. The number of nitrogens with one attached hydrogen (secondary N) is 1. The maximum atomic E-state index is 11.0. The van der Waals surface area contributed by atoms with Crippen LogP contribution < -0.4 is 5.32 Å². The van der Waals surface area contributed by atoms with Crippen LogP contribution in [0.3, 0.4) is 0 Å². The summed E-state index contributed by atoms with van der Waals surface area (Å²) >= 11 is 0. The van der Waals surface area contributed by atoms with Crippen molar-refractivity contribution in [3.63, 3.8) is 0 Å². The predicted molar refractivity (Wildman–Crippen MR) is 59.0 cm³/mol. The van der Waals surface area contributed by atoms with Crippen LogP contribution in [0.25, 0.3) is 5.65 Å². The van der Waals surface area contributed by atoms with Gasteiger partial charge in [-0.3, -0.25) is 4.79 Å². The summed E-state index contributed by atoms with van der Waals surface area (Å²) in [6.07, 6.45) is 1.20. The van der Waals surface area contributed by atoms with Crippen molar-refractivity contribution in [3.8, 4) is 0 Å². The standard InChI is InChI=1S/C10H10N4O3/c1-5-3-8(13-6(2)15)14-9(12-5)7(4-11-14)10(16)17/h3-4H,1-2H3,(H,13,15)(H,16,17). The molecule has 2 aromatic rings. The Labute approximate surface area is 96.1 Å². The third-order valence-electron chi connectivity index (χ3n) is 2.13. The molecule has 0 atom stereocenters. The van der Waals surface area contributed by atoms with Gasteiger partial charge < -0.3 is 10.4 Å². The molecule has 2 N–H and O–H groups in total. The van der Waals surface area contributed by atoms with Crippen molar-refractivity contribution < 1.29 is 14.7 Å². The Morgan fingerprint density at radius 3 is 2.76 bits per heavy atom. The molecule has 0 aliphatic carbocycles. The Morgan fingerprint density at radius 1 is 1.47 bits per heavy atom. The van der Waals surface area contributed by atoms with E-state index in [1.165, 1.54) is 17.6 Å². The van der Waals surface area contributed by atoms with Gasteiger partial charge >= 0.3 is 5.97 Å². The molecule has 0 aliphatic heterocycles. The molecule has 88 valence electrons. The summed E-state index contributed by atoms with van der Waals surface area (Å²) < 4.78 is 1.29. The molecule has 7 heteroatoms. The zero-order valence-corrected chi connectivity index (χ0v) is 9.26. The number of aromatic carboxylic acids is 1. The van der Waals surface area contributed by atoms with Crippen LogP contribution in [0.2, 0.25) is 0 Å². The second-order valence-electron chi connectivity index (χ2n) is 3.56. The lowest BCUT2D eigenvalue weighted by Crippen LogP contribution is -2.11. The van der Waals surface area contributed by atoms with Crippen LogP contribution in [0.15, 0.2) is 12.3 Å². The zero-order valence-electron chi connectivity index (χ0n) is 9.26. The maximum absolute atomic E-state index is 11.0. The van der Waals surface area contributed by atoms with Gasteiger partial charge in [-0.1, -0.05) is 0 Å². The van der Waals surface area contributed by atoms with E-state index in [0.29, 0.717) is 11.5 Å². The largest absolute Gasteiger partial charge is 0.477 e. The highest BCUT2D eigenvalue weighted by atomic mass is 16.4. The van der Waals surface area contributed by atoms with Crippen molar-refractivity contribution in [2.75, 3.05) is 5.32 Å². The van der Waals surface area contributed by atoms with Crippen molar-refractivity contribution >= 4 is 23.3 Å². The Morgan fingerprint density at radius 2 is 2.18 bits per heavy atom. The van der Waals surface area contributed by atoms with E-state index in [0.717, 1.165) is 0 Å². The first kappa shape index (κ1) is 11.1. The number of fused-ring (bicyclic) bond motifs is 1. The monoisotopic (exact) mass is 234 g/mol. The number of anilines is 1. The van der Waals surface area contributed by atoms with Crippen molar-refractivity contribution in [3.05, 3.63) is 23.5 Å². The minimum atomic E-state index is -1.10. The summed E-state index contributed by atoms with van der Waals surface area (Å²) in [7, 11) is 0. The fourth-order valence-corrected chi connectivity index (χ4v) is 1.50. The van der Waals surface area contributed by atoms with Gasteiger partial charge in [0.2, 0.25) is 5.91 Å². The molecule has 1 amide bonds. The van der Waals surface area contributed by atoms with Crippen LogP contribution in [0.4, 0.5) is 5.82 Å². The lowest BCUT2D eigenvalue weighted by molar-refractivity contribution is -0.114. The van der Waals surface area contributed by atoms with Gasteiger partial charge in [-0.2, -0.15) is 9.61 Å². The second kappa shape index (κ2) is 3.85. The number of hydrogen-bond acceptors (Lipinski definition) is 4. The Kier molecular flexibility index (Phi) is 2.51. The minimum Gasteiger partial charge on any atom is -0.477 e. The summed E-state index contributed by atoms with van der Waals surface area (Å²) in [5, 5.41) is 15.4. The van der Waals surface area contributed by atoms with Crippen molar-refractivity contribution in [2.45, 2.75) is 13.8 Å². The first-order valence-corrected chi connectivity index (χ1v) is 4.85. The van der Waals surface area contributed by atoms with Gasteiger partial charge in [-0.25, -0.2) is 9.78 Å². The Balaban J connectivity index is 2.69. The van der Waals surface area contributed by atoms with Gasteiger partial charge in [0, 0.05) is 18.7 Å². The molecule has 0 aliphatic rings. The van der Waals surface area contributed by atoms with Crippen molar-refractivity contribution in [2.24, 2.45) is 0 Å². The summed E-state index contributed by atoms with van der Waals surface area (Å²) in [4.78, 5) is 26.1. The lowest BCUT2D eigenvalue weighted by atomic mass is 10.3. The van der Waals surface area contributed by atoms with E-state index in [1.54, 1.807) is 13.0 Å². The predicted octanol–water partition coefficient (Wildman–Crippen LogP) is 0.694. The highest BCUT2D eigenvalue weighted by Gasteiger charge is 2.15. The molecule has 2 aromatic heterocycles. The van der Waals surface area contributed by atoms with Crippen LogP contribution in [-0.4, -0.2) is 31.6 Å². The number of aromatic nitrogens is 3. The first-order chi connectivity index (χ1) is 7.99. The van der Waals surface area contributed by atoms with E-state index >= 15 is 0 Å². The number of carboxylic acids is 1. The molecule has 0 spiro atoms. The molecule has 7 nitrogen and oxygen atoms in total. The van der Waals surface area contributed by atoms with Crippen molar-refractivity contribution in [1.29, 1.82) is 0 Å². The van der Waals surface area contributed by atoms with Gasteiger partial charge in [0.1, 0.15) is 11.4 Å². The number of carbonyl (C=O) groups is 2. The highest BCUT2D eigenvalue weighted by Crippen LogP contribution is 2.15. The summed E-state index contributed by atoms with van der Waals surface area (Å²) in [5.41, 5.74) is 0.811. The molecule has 0 bridgehead atoms. The van der Waals surface area contributed by atoms with Gasteiger partial charge in [0.15, 0.2) is 5.65 Å². The van der Waals surface area contributed by atoms with Crippen LogP contribution in [-0.2, 0) is 4.79 Å². The first-order valence-electron chi connectivity index (χ1n) is 4.85. The average Bonchev–Trinajstić information content (AvgIpc) is 2.59. The lowest BCUT2D eigenvalue weighted by Gasteiger charge is -2.06. The van der Waals surface area contributed by atoms with Crippen LogP contribution >= 0.6 is 0 Å². The molecule has 2 heterocycles. The molecule has 0 radical (unpaired) electrons. The average molecular weight is 234 g/mol. The Hall–Kier alpha value is -2.44. The van der Waals surface area contributed by atoms with E-state index in [2.05, 4.69) is 15.4 Å². The van der Waals surface area contributed by atoms with Crippen LogP contribution in [0.1, 0.15) is 23.0 Å². The van der Waals surface area contributed by atoms with Gasteiger partial charge in [0.05, 0.1) is 6.20 Å². The normalized spacial score (nSPS) is 10.5. The number of nitrogens with zero attached hydrogens (tertiary/aromatic N) is 3. The van der Waals surface area contributed by atoms with Crippen molar-refractivity contribution in [1.82, 2.24) is 14.6 Å². The van der Waals surface area contributed by atoms with Gasteiger partial charge in [-0.15, -0.1) is 0 Å². The SMILES string of the molecule is CC(=O)Nc1cc(C)nc2c(C(=O)O)cnn12. The maximum Gasteiger partial charge on any atom is 0.341 e. The molecular formula is C10H10N4O3. The molecule has 0 aromatic carbocycles. The highest BCUT2D eigenvalue weighted by molar-refractivity contribution is 5.95. The Bertz CT molecular complexity index is 617. The third kappa shape index (κ3) is 1.94. The third-order valence-corrected chi connectivity index (χ3v) is 2.13. The number of carbonyl (C=O) groups excluding carboxylic acids is 1. The number of carboxylic acid groups (broad SMARTS) is 1. The number of hydrogen-bond donors (Lipinski definition) is 2. The fraction of sp³-hybridized carbons (Fsp3) is 0.200. The minimum absolute atomic E-state index is 0.000280. The van der Waals surface area contributed by atoms with Gasteiger partial charge in [0.25, 0.3) is 0 Å². The van der Waals surface area contributed by atoms with Crippen LogP contribution in [0.5, 0.6) is 0 Å². The molecule has 2 rings (SSSR count). The zero-order chi connectivity index (χ0) is 12.6. The molecule has 0 saturated heterocycles. The summed E-state index contributed by atoms with van der Waals surface area (Å²) in [6.45, 7) is 3.08. The van der Waals surface area contributed by atoms with E-state index < -0.39 is 5.97 Å². The van der Waals surface area contributed by atoms with E-state index in [1.807, 2.05) is 0 Å². The fourth-order valence-electron chi connectivity index (χ4n) is 1.50. The van der Waals surface area contributed by atoms with Crippen LogP contribution in [0, 0.1) is 6.92 Å². The second-order valence-corrected chi connectivity index (χ2v) is 3.56. The topological polar surface area (TPSA) is 96.6 Å². The summed E-state index contributed by atoms with van der Waals surface area (Å²) in [6, 6.07) is 1.62. The van der Waals surface area contributed by atoms with E-state index in [-0.39, 0.29) is 17.1 Å². The number of aryl methyl sites for hydroxylation is 1. The number of rotatable bonds is 2. The summed E-state index contributed by atoms with van der Waals surface area (Å²) in [5.74, 6) is -0.969. The molecule has 17 heavy (non-hydrogen) atoms.